The molecule has 3 heterocycles. The summed E-state index contributed by atoms with van der Waals surface area (Å²) in [5.74, 6) is 0.567. The van der Waals surface area contributed by atoms with E-state index in [1.165, 1.54) is 5.57 Å². The number of hydrogen-bond acceptors (Lipinski definition) is 4. The summed E-state index contributed by atoms with van der Waals surface area (Å²) in [6.07, 6.45) is 9.16. The van der Waals surface area contributed by atoms with Gasteiger partial charge in [0, 0.05) is 23.7 Å². The van der Waals surface area contributed by atoms with Crippen LogP contribution < -0.4 is 4.90 Å². The molecule has 1 fully saturated rings. The maximum Gasteiger partial charge on any atom is 0.237 e. The molecule has 0 spiro atoms. The van der Waals surface area contributed by atoms with Crippen LogP contribution in [0, 0.1) is 11.3 Å². The minimum absolute atomic E-state index is 0.0456. The van der Waals surface area contributed by atoms with Gasteiger partial charge in [0.2, 0.25) is 12.3 Å². The number of carbonyl (C=O) groups is 2. The first-order valence-corrected chi connectivity index (χ1v) is 10.7. The third kappa shape index (κ3) is 3.58. The highest BCUT2D eigenvalue weighted by atomic mass is 16.2. The molecule has 0 bridgehead atoms. The Morgan fingerprint density at radius 3 is 2.83 bits per heavy atom. The zero-order valence-electron chi connectivity index (χ0n) is 17.5. The molecule has 4 rings (SSSR count). The zero-order valence-corrected chi connectivity index (χ0v) is 17.5. The molecule has 0 saturated heterocycles. The molecule has 2 aromatic rings. The fraction of sp³-hybridized carbons (Fsp3) is 0.478. The van der Waals surface area contributed by atoms with Crippen molar-refractivity contribution in [2.45, 2.75) is 70.5 Å². The van der Waals surface area contributed by atoms with Crippen LogP contribution in [0.25, 0.3) is 16.6 Å². The van der Waals surface area contributed by atoms with E-state index in [1.807, 2.05) is 29.3 Å². The molecule has 2 aromatic heterocycles. The van der Waals surface area contributed by atoms with Gasteiger partial charge in [-0.3, -0.25) is 14.5 Å². The van der Waals surface area contributed by atoms with Crippen LogP contribution in [0.15, 0.2) is 24.4 Å². The van der Waals surface area contributed by atoms with Crippen LogP contribution in [-0.4, -0.2) is 45.3 Å². The number of nitriles is 1. The Hall–Kier alpha value is -3.14. The van der Waals surface area contributed by atoms with Gasteiger partial charge in [-0.25, -0.2) is 4.98 Å². The largest absolute Gasteiger partial charge is 0.346 e. The summed E-state index contributed by atoms with van der Waals surface area (Å²) in [5, 5.41) is 10.0. The van der Waals surface area contributed by atoms with Crippen molar-refractivity contribution >= 4 is 34.7 Å². The third-order valence-electron chi connectivity index (χ3n) is 6.19. The number of carbonyl (C=O) groups excluding carboxylic acids is 2. The first kappa shape index (κ1) is 20.1. The van der Waals surface area contributed by atoms with Crippen LogP contribution >= 0.6 is 0 Å². The van der Waals surface area contributed by atoms with E-state index in [1.54, 1.807) is 4.90 Å². The topological polar surface area (TPSA) is 93.1 Å². The molecular formula is C23H27N5O2. The number of aromatic nitrogens is 2. The quantitative estimate of drug-likeness (QED) is 0.710. The Labute approximate surface area is 176 Å². The Balaban J connectivity index is 1.79. The normalized spacial score (nSPS) is 21.2. The fourth-order valence-corrected chi connectivity index (χ4v) is 4.51. The predicted molar refractivity (Wildman–Crippen MR) is 115 cm³/mol. The van der Waals surface area contributed by atoms with E-state index in [9.17, 15) is 9.59 Å². The molecule has 1 aliphatic carbocycles. The molecule has 1 aliphatic heterocycles. The lowest BCUT2D eigenvalue weighted by Gasteiger charge is -2.40. The van der Waals surface area contributed by atoms with Gasteiger partial charge in [-0.15, -0.1) is 0 Å². The summed E-state index contributed by atoms with van der Waals surface area (Å²) < 4.78 is 0. The van der Waals surface area contributed by atoms with Crippen molar-refractivity contribution in [3.63, 3.8) is 0 Å². The molecule has 7 heteroatoms. The summed E-state index contributed by atoms with van der Waals surface area (Å²) >= 11 is 0. The van der Waals surface area contributed by atoms with Gasteiger partial charge in [-0.1, -0.05) is 19.9 Å². The number of pyridine rings is 1. The first-order valence-electron chi connectivity index (χ1n) is 10.7. The highest BCUT2D eigenvalue weighted by Crippen LogP contribution is 2.38. The van der Waals surface area contributed by atoms with Gasteiger partial charge in [0.15, 0.2) is 0 Å². The van der Waals surface area contributed by atoms with Gasteiger partial charge in [0.1, 0.15) is 17.9 Å². The van der Waals surface area contributed by atoms with Crippen LogP contribution in [0.1, 0.15) is 57.9 Å². The second-order valence-corrected chi connectivity index (χ2v) is 8.08. The molecule has 7 nitrogen and oxygen atoms in total. The van der Waals surface area contributed by atoms with Gasteiger partial charge in [-0.05, 0) is 55.4 Å². The maximum absolute atomic E-state index is 12.6. The summed E-state index contributed by atoms with van der Waals surface area (Å²) in [5.41, 5.74) is 3.00. The van der Waals surface area contributed by atoms with Crippen molar-refractivity contribution in [1.82, 2.24) is 14.9 Å². The molecule has 2 aliphatic rings. The third-order valence-corrected chi connectivity index (χ3v) is 6.19. The highest BCUT2D eigenvalue weighted by molar-refractivity contribution is 5.94. The number of aromatic amines is 1. The smallest absolute Gasteiger partial charge is 0.237 e. The van der Waals surface area contributed by atoms with Crippen LogP contribution in [0.5, 0.6) is 0 Å². The van der Waals surface area contributed by atoms with Crippen molar-refractivity contribution in [1.29, 1.82) is 5.26 Å². The maximum atomic E-state index is 12.6. The summed E-state index contributed by atoms with van der Waals surface area (Å²) in [4.78, 5) is 35.8. The molecular weight excluding hydrogens is 378 g/mol. The number of nitrogens with one attached hydrogen (secondary N) is 1. The Kier molecular flexibility index (Phi) is 5.58. The summed E-state index contributed by atoms with van der Waals surface area (Å²) in [6, 6.07) is 6.27. The number of fused-ring (bicyclic) bond motifs is 1. The lowest BCUT2D eigenvalue weighted by molar-refractivity contribution is -0.134. The Morgan fingerprint density at radius 2 is 2.20 bits per heavy atom. The van der Waals surface area contributed by atoms with Gasteiger partial charge in [-0.2, -0.15) is 5.26 Å². The molecule has 30 heavy (non-hydrogen) atoms. The van der Waals surface area contributed by atoms with Crippen LogP contribution in [0.4, 0.5) is 5.82 Å². The molecule has 156 valence electrons. The molecule has 1 saturated carbocycles. The number of anilines is 1. The average Bonchev–Trinajstić information content (AvgIpc) is 3.48. The van der Waals surface area contributed by atoms with E-state index in [4.69, 9.17) is 5.26 Å². The minimum atomic E-state index is -0.102. The number of hydrogen-bond donors (Lipinski definition) is 1. The minimum Gasteiger partial charge on any atom is -0.346 e. The lowest BCUT2D eigenvalue weighted by atomic mass is 9.87. The van der Waals surface area contributed by atoms with Gasteiger partial charge in [0.25, 0.3) is 0 Å². The second-order valence-electron chi connectivity index (χ2n) is 8.08. The SMILES string of the molecule is CCC1C=C(c2cc(N(C=O)C3CC3)nc3[nH]ccc23)CC(CC)N1C(=O)CC#N. The standard InChI is InChI=1S/C23H27N5O2/c1-3-16-11-15(12-17(4-2)28(16)22(30)7-9-24)20-13-21(27(14-29)18-5-6-18)26-23-19(20)8-10-25-23/h8,10-11,13-14,16-18H,3-7,12H2,1-2H3,(H,25,26). The predicted octanol–water partition coefficient (Wildman–Crippen LogP) is 3.77. The molecule has 2 unspecified atom stereocenters. The van der Waals surface area contributed by atoms with E-state index in [0.717, 1.165) is 55.1 Å². The van der Waals surface area contributed by atoms with Crippen molar-refractivity contribution in [3.8, 4) is 6.07 Å². The van der Waals surface area contributed by atoms with Gasteiger partial charge >= 0.3 is 0 Å². The highest BCUT2D eigenvalue weighted by Gasteiger charge is 2.34. The van der Waals surface area contributed by atoms with E-state index < -0.39 is 0 Å². The second kappa shape index (κ2) is 8.31. The van der Waals surface area contributed by atoms with Crippen LogP contribution in [0.3, 0.4) is 0 Å². The van der Waals surface area contributed by atoms with Crippen molar-refractivity contribution < 1.29 is 9.59 Å². The van der Waals surface area contributed by atoms with Crippen molar-refractivity contribution in [3.05, 3.63) is 30.0 Å². The first-order chi connectivity index (χ1) is 14.6. The summed E-state index contributed by atoms with van der Waals surface area (Å²) in [6.45, 7) is 4.15. The van der Waals surface area contributed by atoms with Gasteiger partial charge in [0.05, 0.1) is 12.1 Å². The molecule has 0 radical (unpaired) electrons. The Bertz CT molecular complexity index is 1030. The van der Waals surface area contributed by atoms with Crippen molar-refractivity contribution in [2.24, 2.45) is 0 Å². The average molecular weight is 406 g/mol. The summed E-state index contributed by atoms with van der Waals surface area (Å²) in [7, 11) is 0. The van der Waals surface area contributed by atoms with Crippen molar-refractivity contribution in [2.75, 3.05) is 4.90 Å². The van der Waals surface area contributed by atoms with E-state index in [0.29, 0.717) is 5.82 Å². The molecule has 1 N–H and O–H groups in total. The number of amides is 2. The number of H-pyrrole nitrogens is 1. The number of rotatable bonds is 7. The molecule has 2 atom stereocenters. The fourth-order valence-electron chi connectivity index (χ4n) is 4.51. The molecule has 0 aromatic carbocycles. The zero-order chi connectivity index (χ0) is 21.3. The van der Waals surface area contributed by atoms with Gasteiger partial charge < -0.3 is 9.88 Å². The number of nitrogens with zero attached hydrogens (tertiary/aromatic N) is 4. The van der Waals surface area contributed by atoms with E-state index in [2.05, 4.69) is 29.9 Å². The monoisotopic (exact) mass is 405 g/mol. The van der Waals surface area contributed by atoms with Crippen LogP contribution in [0.2, 0.25) is 0 Å². The van der Waals surface area contributed by atoms with E-state index in [-0.39, 0.29) is 30.5 Å². The lowest BCUT2D eigenvalue weighted by Crippen LogP contribution is -2.48. The van der Waals surface area contributed by atoms with E-state index >= 15 is 0 Å². The van der Waals surface area contributed by atoms with Crippen LogP contribution in [-0.2, 0) is 9.59 Å². The Morgan fingerprint density at radius 1 is 1.40 bits per heavy atom. The molecule has 2 amide bonds.